The van der Waals surface area contributed by atoms with Crippen LogP contribution in [0.2, 0.25) is 0 Å². The minimum absolute atomic E-state index is 0.0644. The number of carbonyl (C=O) groups is 2. The molecular weight excluding hydrogens is 252 g/mol. The van der Waals surface area contributed by atoms with E-state index in [4.69, 9.17) is 0 Å². The molecule has 0 aliphatic carbocycles. The fourth-order valence-electron chi connectivity index (χ4n) is 1.67. The van der Waals surface area contributed by atoms with Gasteiger partial charge in [0.1, 0.15) is 0 Å². The number of nitrogens with zero attached hydrogens (tertiary/aromatic N) is 2. The Labute approximate surface area is 109 Å². The van der Waals surface area contributed by atoms with Crippen LogP contribution in [0.1, 0.15) is 17.7 Å². The van der Waals surface area contributed by atoms with Crippen molar-refractivity contribution < 1.29 is 9.59 Å². The monoisotopic (exact) mass is 268 g/mol. The zero-order valence-electron chi connectivity index (χ0n) is 10.4. The summed E-state index contributed by atoms with van der Waals surface area (Å²) in [6.07, 6.45) is 0.303. The third-order valence-corrected chi connectivity index (χ3v) is 3.86. The van der Waals surface area contributed by atoms with E-state index in [1.165, 1.54) is 11.8 Å². The van der Waals surface area contributed by atoms with Crippen molar-refractivity contribution in [1.82, 2.24) is 15.1 Å². The number of hydrogen-bond donors (Lipinski definition) is 2. The molecule has 6 nitrogen and oxygen atoms in total. The summed E-state index contributed by atoms with van der Waals surface area (Å²) in [6, 6.07) is 0. The summed E-state index contributed by atoms with van der Waals surface area (Å²) >= 11 is 1.30. The summed E-state index contributed by atoms with van der Waals surface area (Å²) in [4.78, 5) is 24.8. The van der Waals surface area contributed by atoms with Crippen LogP contribution in [0.15, 0.2) is 0 Å². The van der Waals surface area contributed by atoms with Crippen molar-refractivity contribution in [3.63, 3.8) is 0 Å². The molecule has 0 unspecified atom stereocenters. The average molecular weight is 268 g/mol. The first-order chi connectivity index (χ1) is 8.58. The van der Waals surface area contributed by atoms with Crippen LogP contribution in [0, 0.1) is 13.8 Å². The maximum Gasteiger partial charge on any atom is 0.281 e. The van der Waals surface area contributed by atoms with Crippen molar-refractivity contribution in [3.8, 4) is 0 Å². The summed E-state index contributed by atoms with van der Waals surface area (Å²) in [5.41, 5.74) is 1.88. The Morgan fingerprint density at radius 2 is 2.33 bits per heavy atom. The van der Waals surface area contributed by atoms with Crippen LogP contribution in [-0.2, 0) is 4.79 Å². The Bertz CT molecular complexity index is 472. The summed E-state index contributed by atoms with van der Waals surface area (Å²) in [5.74, 6) is 1.27. The number of nitrogens with one attached hydrogen (secondary N) is 2. The number of anilines is 1. The number of aromatic amines is 1. The minimum atomic E-state index is -0.116. The fourth-order valence-corrected chi connectivity index (χ4v) is 2.52. The molecule has 7 heteroatoms. The zero-order chi connectivity index (χ0) is 13.1. The van der Waals surface area contributed by atoms with E-state index in [1.807, 2.05) is 13.8 Å². The number of thioether (sulfide) groups is 1. The van der Waals surface area contributed by atoms with Gasteiger partial charge in [0.05, 0.1) is 0 Å². The highest BCUT2D eigenvalue weighted by Crippen LogP contribution is 2.18. The minimum Gasteiger partial charge on any atom is -0.332 e. The second-order valence-electron chi connectivity index (χ2n) is 4.22. The van der Waals surface area contributed by atoms with Crippen LogP contribution in [0.5, 0.6) is 0 Å². The number of H-pyrrole nitrogens is 1. The van der Waals surface area contributed by atoms with Crippen LogP contribution in [0.4, 0.5) is 10.6 Å². The zero-order valence-corrected chi connectivity index (χ0v) is 11.3. The highest BCUT2D eigenvalue weighted by Gasteiger charge is 2.21. The largest absolute Gasteiger partial charge is 0.332 e. The van der Waals surface area contributed by atoms with Gasteiger partial charge in [-0.2, -0.15) is 5.10 Å². The van der Waals surface area contributed by atoms with Crippen molar-refractivity contribution in [1.29, 1.82) is 0 Å². The van der Waals surface area contributed by atoms with E-state index in [2.05, 4.69) is 15.5 Å². The second-order valence-corrected chi connectivity index (χ2v) is 5.27. The van der Waals surface area contributed by atoms with Gasteiger partial charge in [-0.1, -0.05) is 11.8 Å². The molecule has 0 atom stereocenters. The first-order valence-corrected chi connectivity index (χ1v) is 6.79. The predicted octanol–water partition coefficient (Wildman–Crippen LogP) is 1.52. The molecule has 1 fully saturated rings. The smallest absolute Gasteiger partial charge is 0.281 e. The molecule has 2 rings (SSSR count). The van der Waals surface area contributed by atoms with Crippen molar-refractivity contribution >= 4 is 28.7 Å². The first kappa shape index (κ1) is 12.9. The van der Waals surface area contributed by atoms with Crippen molar-refractivity contribution in [2.75, 3.05) is 24.2 Å². The lowest BCUT2D eigenvalue weighted by Gasteiger charge is -2.13. The lowest BCUT2D eigenvalue weighted by atomic mass is 10.2. The molecule has 1 aromatic heterocycles. The van der Waals surface area contributed by atoms with Gasteiger partial charge in [0.15, 0.2) is 5.82 Å². The Balaban J connectivity index is 1.82. The summed E-state index contributed by atoms with van der Waals surface area (Å²) in [7, 11) is 0. The lowest BCUT2D eigenvalue weighted by Crippen LogP contribution is -2.27. The van der Waals surface area contributed by atoms with E-state index in [-0.39, 0.29) is 11.1 Å². The molecule has 1 aromatic rings. The predicted molar refractivity (Wildman–Crippen MR) is 70.7 cm³/mol. The van der Waals surface area contributed by atoms with Gasteiger partial charge >= 0.3 is 0 Å². The van der Waals surface area contributed by atoms with Crippen molar-refractivity contribution in [2.24, 2.45) is 0 Å². The molecule has 0 aromatic carbocycles. The standard InChI is InChI=1S/C11H16N4O2S/c1-7-8(2)13-14-10(7)12-9(16)3-4-15-5-6-18-11(15)17/h3-6H2,1-2H3,(H2,12,13,14,16). The summed E-state index contributed by atoms with van der Waals surface area (Å²) in [5, 5.41) is 9.63. The molecule has 1 aliphatic heterocycles. The third kappa shape index (κ3) is 2.84. The molecule has 98 valence electrons. The molecule has 0 spiro atoms. The van der Waals surface area contributed by atoms with Crippen LogP contribution >= 0.6 is 11.8 Å². The van der Waals surface area contributed by atoms with Gasteiger partial charge in [-0.3, -0.25) is 14.7 Å². The molecule has 2 heterocycles. The first-order valence-electron chi connectivity index (χ1n) is 5.81. The number of aryl methyl sites for hydroxylation is 1. The second kappa shape index (κ2) is 5.43. The van der Waals surface area contributed by atoms with Gasteiger partial charge in [0.25, 0.3) is 5.24 Å². The third-order valence-electron chi connectivity index (χ3n) is 2.96. The number of hydrogen-bond acceptors (Lipinski definition) is 4. The van der Waals surface area contributed by atoms with Gasteiger partial charge in [0.2, 0.25) is 5.91 Å². The lowest BCUT2D eigenvalue weighted by molar-refractivity contribution is -0.116. The molecule has 18 heavy (non-hydrogen) atoms. The van der Waals surface area contributed by atoms with E-state index in [1.54, 1.807) is 4.90 Å². The van der Waals surface area contributed by atoms with Crippen LogP contribution in [0.25, 0.3) is 0 Å². The van der Waals surface area contributed by atoms with Crippen LogP contribution in [-0.4, -0.2) is 45.1 Å². The Morgan fingerprint density at radius 1 is 1.56 bits per heavy atom. The highest BCUT2D eigenvalue weighted by atomic mass is 32.2. The Morgan fingerprint density at radius 3 is 2.89 bits per heavy atom. The van der Waals surface area contributed by atoms with Crippen molar-refractivity contribution in [2.45, 2.75) is 20.3 Å². The van der Waals surface area contributed by atoms with Gasteiger partial charge < -0.3 is 10.2 Å². The molecular formula is C11H16N4O2S. The fraction of sp³-hybridized carbons (Fsp3) is 0.545. The maximum absolute atomic E-state index is 11.7. The van der Waals surface area contributed by atoms with E-state index >= 15 is 0 Å². The van der Waals surface area contributed by atoms with E-state index in [0.717, 1.165) is 23.6 Å². The van der Waals surface area contributed by atoms with Gasteiger partial charge in [0, 0.05) is 36.5 Å². The summed E-state index contributed by atoms with van der Waals surface area (Å²) in [6.45, 7) is 5.00. The van der Waals surface area contributed by atoms with Gasteiger partial charge in [-0.15, -0.1) is 0 Å². The number of rotatable bonds is 4. The number of amides is 2. The SMILES string of the molecule is Cc1[nH]nc(NC(=O)CCN2CCSC2=O)c1C. The highest BCUT2D eigenvalue weighted by molar-refractivity contribution is 8.13. The molecule has 2 N–H and O–H groups in total. The van der Waals surface area contributed by atoms with E-state index in [9.17, 15) is 9.59 Å². The topological polar surface area (TPSA) is 78.1 Å². The molecule has 1 aliphatic rings. The van der Waals surface area contributed by atoms with E-state index in [0.29, 0.717) is 18.8 Å². The quantitative estimate of drug-likeness (QED) is 0.868. The molecule has 0 radical (unpaired) electrons. The molecule has 1 saturated heterocycles. The van der Waals surface area contributed by atoms with Crippen LogP contribution < -0.4 is 5.32 Å². The normalized spacial score (nSPS) is 15.2. The van der Waals surface area contributed by atoms with Gasteiger partial charge in [-0.25, -0.2) is 0 Å². The average Bonchev–Trinajstić information content (AvgIpc) is 2.88. The summed E-state index contributed by atoms with van der Waals surface area (Å²) < 4.78 is 0. The molecule has 0 bridgehead atoms. The van der Waals surface area contributed by atoms with E-state index < -0.39 is 0 Å². The molecule has 0 saturated carbocycles. The van der Waals surface area contributed by atoms with Crippen LogP contribution in [0.3, 0.4) is 0 Å². The number of carbonyl (C=O) groups excluding carboxylic acids is 2. The molecule has 2 amide bonds. The van der Waals surface area contributed by atoms with Gasteiger partial charge in [-0.05, 0) is 13.8 Å². The Kier molecular flexibility index (Phi) is 3.90. The number of aromatic nitrogens is 2. The van der Waals surface area contributed by atoms with Crippen molar-refractivity contribution in [3.05, 3.63) is 11.3 Å². The maximum atomic E-state index is 11.7. The Hall–Kier alpha value is -1.50.